The molecule has 12 nitrogen and oxygen atoms in total. The van der Waals surface area contributed by atoms with E-state index in [9.17, 15) is 35.0 Å². The van der Waals surface area contributed by atoms with Gasteiger partial charge in [-0.15, -0.1) is 0 Å². The minimum atomic E-state index is -2.71. The van der Waals surface area contributed by atoms with E-state index >= 15 is 0 Å². The Hall–Kier alpha value is -4.62. The number of primary amides is 1. The number of carbonyl (C=O) groups excluding carboxylic acids is 3. The molecular formula is C31H34N6O6. The zero-order chi connectivity index (χ0) is 31.8. The van der Waals surface area contributed by atoms with Gasteiger partial charge >= 0.3 is 0 Å². The predicted molar refractivity (Wildman–Crippen MR) is 157 cm³/mol. The number of nitriles is 1. The Morgan fingerprint density at radius 2 is 1.79 bits per heavy atom. The number of rotatable bonds is 3. The first-order valence-electron chi connectivity index (χ1n) is 13.8. The highest BCUT2D eigenvalue weighted by Crippen LogP contribution is 2.59. The van der Waals surface area contributed by atoms with E-state index in [0.29, 0.717) is 11.3 Å². The molecule has 0 unspecified atom stereocenters. The van der Waals surface area contributed by atoms with Crippen LogP contribution >= 0.6 is 0 Å². The molecule has 1 amide bonds. The van der Waals surface area contributed by atoms with Crippen LogP contribution in [0.5, 0.6) is 5.75 Å². The number of phenolic OH excluding ortho intramolecular Hbond substituents is 1. The monoisotopic (exact) mass is 586 g/mol. The fourth-order valence-electron chi connectivity index (χ4n) is 7.31. The molecule has 4 aliphatic rings. The van der Waals surface area contributed by atoms with Crippen LogP contribution in [0.4, 0.5) is 5.69 Å². The summed E-state index contributed by atoms with van der Waals surface area (Å²) in [6.45, 7) is 0. The number of fused-ring (bicyclic) bond motifs is 3. The second-order valence-electron chi connectivity index (χ2n) is 12.2. The maximum absolute atomic E-state index is 14.5. The Balaban J connectivity index is 1.84. The average Bonchev–Trinajstić information content (AvgIpc) is 3.40. The topological polar surface area (TPSA) is 220 Å². The lowest BCUT2D eigenvalue weighted by Gasteiger charge is -2.58. The number of nitrogens with two attached hydrogens (primary N) is 3. The van der Waals surface area contributed by atoms with Gasteiger partial charge in [-0.05, 0) is 63.4 Å². The molecule has 1 saturated carbocycles. The highest BCUT2D eigenvalue weighted by Gasteiger charge is 2.74. The molecule has 12 heteroatoms. The van der Waals surface area contributed by atoms with E-state index in [0.717, 1.165) is 24.8 Å². The Kier molecular flexibility index (Phi) is 6.74. The van der Waals surface area contributed by atoms with Crippen molar-refractivity contribution >= 4 is 28.9 Å². The van der Waals surface area contributed by atoms with Gasteiger partial charge in [0.05, 0.1) is 39.9 Å². The molecule has 0 aromatic heterocycles. The maximum Gasteiger partial charge on any atom is 0.255 e. The van der Waals surface area contributed by atoms with Crippen molar-refractivity contribution in [3.63, 3.8) is 0 Å². The first kappa shape index (κ1) is 29.9. The summed E-state index contributed by atoms with van der Waals surface area (Å²) in [6.07, 6.45) is 4.17. The molecule has 0 aliphatic heterocycles. The van der Waals surface area contributed by atoms with Gasteiger partial charge in [0, 0.05) is 19.8 Å². The molecule has 0 bridgehead atoms. The van der Waals surface area contributed by atoms with Gasteiger partial charge in [-0.1, -0.05) is 17.9 Å². The second kappa shape index (κ2) is 9.71. The van der Waals surface area contributed by atoms with Gasteiger partial charge < -0.3 is 37.4 Å². The first-order valence-corrected chi connectivity index (χ1v) is 13.8. The number of aliphatic hydroxyl groups excluding tert-OH is 2. The number of phenols is 1. The van der Waals surface area contributed by atoms with Gasteiger partial charge in [0.2, 0.25) is 0 Å². The minimum absolute atomic E-state index is 0.0902. The van der Waals surface area contributed by atoms with Crippen molar-refractivity contribution < 1.29 is 29.7 Å². The van der Waals surface area contributed by atoms with E-state index in [1.807, 2.05) is 6.08 Å². The number of likely N-dealkylation sites (N-methyl/N-ethyl adjacent to an activating group) is 1. The van der Waals surface area contributed by atoms with Gasteiger partial charge in [-0.2, -0.15) is 5.26 Å². The van der Waals surface area contributed by atoms with Crippen molar-refractivity contribution in [3.05, 3.63) is 51.3 Å². The fourth-order valence-corrected chi connectivity index (χ4v) is 7.31. The standard InChI is InChI=1S/C31H34N6O6/c1-36(2)18-11-16(10-9-15-7-5-6-8-15)22(38)19-17(18)12-29(34)13-31(35)25(37(3)4)24(40)20(28(33)43)26(41)30(31,14-32)27(42)21(29)23(19)39/h7,11,25,38-39,41H,5-6,8,12-13,34-35H2,1-4H3,(H2,33,43)/t25-,29-,30+,31-/m1/s1. The zero-order valence-electron chi connectivity index (χ0n) is 24.4. The van der Waals surface area contributed by atoms with E-state index in [-0.39, 0.29) is 23.3 Å². The summed E-state index contributed by atoms with van der Waals surface area (Å²) in [4.78, 5) is 43.5. The van der Waals surface area contributed by atoms with E-state index in [4.69, 9.17) is 17.2 Å². The van der Waals surface area contributed by atoms with Crippen molar-refractivity contribution in [3.8, 4) is 23.7 Å². The van der Waals surface area contributed by atoms with E-state index in [1.54, 1.807) is 31.1 Å². The number of benzene rings is 1. The summed E-state index contributed by atoms with van der Waals surface area (Å²) in [7, 11) is 6.46. The molecular weight excluding hydrogens is 552 g/mol. The van der Waals surface area contributed by atoms with Crippen LogP contribution < -0.4 is 22.1 Å². The number of amides is 1. The maximum atomic E-state index is 14.5. The normalized spacial score (nSPS) is 29.7. The van der Waals surface area contributed by atoms with Crippen molar-refractivity contribution in [2.75, 3.05) is 33.1 Å². The van der Waals surface area contributed by atoms with Crippen LogP contribution in [0.15, 0.2) is 34.6 Å². The van der Waals surface area contributed by atoms with Gasteiger partial charge in [-0.3, -0.25) is 19.3 Å². The van der Waals surface area contributed by atoms with Crippen molar-refractivity contribution in [1.82, 2.24) is 4.90 Å². The number of hydrogen-bond donors (Lipinski definition) is 6. The molecule has 5 rings (SSSR count). The molecule has 1 aromatic carbocycles. The Morgan fingerprint density at radius 1 is 1.12 bits per heavy atom. The van der Waals surface area contributed by atoms with E-state index < -0.39 is 69.1 Å². The molecule has 224 valence electrons. The van der Waals surface area contributed by atoms with Crippen LogP contribution in [-0.2, 0) is 20.8 Å². The molecule has 1 aromatic rings. The van der Waals surface area contributed by atoms with Gasteiger partial charge in [0.1, 0.15) is 22.8 Å². The summed E-state index contributed by atoms with van der Waals surface area (Å²) in [5, 5.41) is 45.1. The number of carbonyl (C=O) groups is 3. The minimum Gasteiger partial charge on any atom is -0.509 e. The number of allylic oxidation sites excluding steroid dienone is 2. The van der Waals surface area contributed by atoms with Crippen molar-refractivity contribution in [1.29, 1.82) is 5.26 Å². The SMILES string of the molecule is CN(C)c1cc(C#CC2=CCCC2)c(O)c2c1C[C@@]1(N)C[C@@]3(N)[C@H](N(C)C)C(=O)C(C(N)=O)=C(O)[C@@]3(C#N)C(=O)C1=C2O. The summed E-state index contributed by atoms with van der Waals surface area (Å²) in [5.74, 6) is 0.264. The van der Waals surface area contributed by atoms with Crippen LogP contribution in [0.2, 0.25) is 0 Å². The summed E-state index contributed by atoms with van der Waals surface area (Å²) in [5.41, 5.74) is 13.2. The van der Waals surface area contributed by atoms with Crippen LogP contribution in [0, 0.1) is 28.6 Å². The number of hydrogen-bond acceptors (Lipinski definition) is 11. The van der Waals surface area contributed by atoms with Crippen LogP contribution in [0.3, 0.4) is 0 Å². The molecule has 9 N–H and O–H groups in total. The Morgan fingerprint density at radius 3 is 2.33 bits per heavy atom. The average molecular weight is 587 g/mol. The van der Waals surface area contributed by atoms with E-state index in [1.165, 1.54) is 19.0 Å². The number of aromatic hydroxyl groups is 1. The molecule has 43 heavy (non-hydrogen) atoms. The van der Waals surface area contributed by atoms with Gasteiger partial charge in [0.15, 0.2) is 17.0 Å². The third-order valence-electron chi connectivity index (χ3n) is 9.11. The van der Waals surface area contributed by atoms with Crippen LogP contribution in [0.1, 0.15) is 42.4 Å². The van der Waals surface area contributed by atoms with E-state index in [2.05, 4.69) is 11.8 Å². The molecule has 1 fully saturated rings. The molecule has 4 atom stereocenters. The van der Waals surface area contributed by atoms with Crippen molar-refractivity contribution in [2.24, 2.45) is 22.6 Å². The number of ketones is 2. The number of aliphatic hydroxyl groups is 2. The number of nitrogens with zero attached hydrogens (tertiary/aromatic N) is 3. The quantitative estimate of drug-likeness (QED) is 0.211. The van der Waals surface area contributed by atoms with Crippen LogP contribution in [-0.4, -0.2) is 83.0 Å². The predicted octanol–water partition coefficient (Wildman–Crippen LogP) is 0.433. The molecule has 0 heterocycles. The highest BCUT2D eigenvalue weighted by atomic mass is 16.3. The highest BCUT2D eigenvalue weighted by molar-refractivity contribution is 6.25. The molecule has 0 spiro atoms. The van der Waals surface area contributed by atoms with Crippen molar-refractivity contribution in [2.45, 2.75) is 49.2 Å². The summed E-state index contributed by atoms with van der Waals surface area (Å²) < 4.78 is 0. The molecule has 0 radical (unpaired) electrons. The number of Topliss-reactive ketones (excluding diaryl/α,β-unsaturated/α-hetero) is 2. The smallest absolute Gasteiger partial charge is 0.255 e. The zero-order valence-corrected chi connectivity index (χ0v) is 24.4. The Labute approximate surface area is 248 Å². The lowest BCUT2D eigenvalue weighted by Crippen LogP contribution is -2.80. The lowest BCUT2D eigenvalue weighted by atomic mass is 9.47. The lowest BCUT2D eigenvalue weighted by molar-refractivity contribution is -0.139. The third kappa shape index (κ3) is 3.84. The first-order chi connectivity index (χ1) is 20.1. The summed E-state index contributed by atoms with van der Waals surface area (Å²) >= 11 is 0. The molecule has 0 saturated heterocycles. The fraction of sp³-hybridized carbons (Fsp3) is 0.419. The van der Waals surface area contributed by atoms with Gasteiger partial charge in [-0.25, -0.2) is 0 Å². The third-order valence-corrected chi connectivity index (χ3v) is 9.11. The van der Waals surface area contributed by atoms with Gasteiger partial charge in [0.25, 0.3) is 5.91 Å². The molecule has 4 aliphatic carbocycles. The number of anilines is 1. The van der Waals surface area contributed by atoms with Crippen LogP contribution in [0.25, 0.3) is 5.76 Å². The summed E-state index contributed by atoms with van der Waals surface area (Å²) in [6, 6.07) is 1.98. The largest absolute Gasteiger partial charge is 0.509 e. The second-order valence-corrected chi connectivity index (χ2v) is 12.2. The Bertz CT molecular complexity index is 1720.